The molecule has 4 heterocycles. The van der Waals surface area contributed by atoms with Crippen LogP contribution >= 0.6 is 23.2 Å². The van der Waals surface area contributed by atoms with Gasteiger partial charge in [-0.3, -0.25) is 29.5 Å². The maximum Gasteiger partial charge on any atom is 0.417 e. The molecule has 16 heteroatoms. The van der Waals surface area contributed by atoms with Crippen LogP contribution in [0.2, 0.25) is 10.0 Å². The maximum atomic E-state index is 15.6. The van der Waals surface area contributed by atoms with Gasteiger partial charge in [0.2, 0.25) is 17.7 Å². The number of oxazole rings is 1. The number of aromatic hydroxyl groups is 1. The highest BCUT2D eigenvalue weighted by atomic mass is 35.5. The normalized spacial score (nSPS) is 24.1. The Morgan fingerprint density at radius 2 is 1.57 bits per heavy atom. The molecular formula is C49H32Cl2F3N5O6. The molecule has 4 aliphatic rings. The van der Waals surface area contributed by atoms with Crippen LogP contribution in [-0.4, -0.2) is 43.7 Å². The molecule has 0 bridgehead atoms. The van der Waals surface area contributed by atoms with Gasteiger partial charge in [0.1, 0.15) is 11.3 Å². The first-order valence-electron chi connectivity index (χ1n) is 20.6. The summed E-state index contributed by atoms with van der Waals surface area (Å²) in [4.78, 5) is 69.7. The van der Waals surface area contributed by atoms with Gasteiger partial charge in [-0.2, -0.15) is 18.2 Å². The van der Waals surface area contributed by atoms with E-state index in [-0.39, 0.29) is 30.0 Å². The fourth-order valence-corrected chi connectivity index (χ4v) is 11.0. The van der Waals surface area contributed by atoms with Crippen LogP contribution in [0.15, 0.2) is 138 Å². The number of phenolic OH excluding ortho intramolecular Hbond substituents is 1. The number of hydrazine groups is 1. The van der Waals surface area contributed by atoms with Crippen molar-refractivity contribution in [2.24, 2.45) is 23.7 Å². The van der Waals surface area contributed by atoms with Crippen molar-refractivity contribution in [1.82, 2.24) is 15.0 Å². The molecule has 7 aromatic rings. The van der Waals surface area contributed by atoms with Crippen molar-refractivity contribution in [3.8, 4) is 17.2 Å². The Kier molecular flexibility index (Phi) is 9.25. The number of amides is 4. The minimum atomic E-state index is -4.77. The number of halogens is 5. The van der Waals surface area contributed by atoms with Gasteiger partial charge in [-0.1, -0.05) is 95.5 Å². The molecule has 2 aliphatic carbocycles. The van der Waals surface area contributed by atoms with E-state index < -0.39 is 75.4 Å². The highest BCUT2D eigenvalue weighted by Crippen LogP contribution is 2.65. The van der Waals surface area contributed by atoms with E-state index in [9.17, 15) is 27.9 Å². The number of fused-ring (bicyclic) bond motifs is 6. The molecular weight excluding hydrogens is 882 g/mol. The van der Waals surface area contributed by atoms with E-state index in [4.69, 9.17) is 27.6 Å². The van der Waals surface area contributed by atoms with Crippen LogP contribution in [0.3, 0.4) is 0 Å². The topological polar surface area (TPSA) is 146 Å². The Hall–Kier alpha value is -7.03. The number of pyridine rings is 1. The van der Waals surface area contributed by atoms with Gasteiger partial charge >= 0.3 is 6.18 Å². The fourth-order valence-electron chi connectivity index (χ4n) is 10.6. The summed E-state index contributed by atoms with van der Waals surface area (Å²) in [6.07, 6.45) is -2.37. The van der Waals surface area contributed by atoms with Crippen LogP contribution in [0, 0.1) is 23.7 Å². The number of hydrogen-bond donors (Lipinski definition) is 2. The first-order valence-corrected chi connectivity index (χ1v) is 21.4. The van der Waals surface area contributed by atoms with E-state index >= 15 is 9.59 Å². The van der Waals surface area contributed by atoms with Crippen LogP contribution in [0.25, 0.3) is 33.3 Å². The van der Waals surface area contributed by atoms with Crippen molar-refractivity contribution in [1.29, 1.82) is 0 Å². The summed E-state index contributed by atoms with van der Waals surface area (Å²) in [6.45, 7) is 0. The number of phenols is 1. The van der Waals surface area contributed by atoms with Crippen molar-refractivity contribution in [2.75, 3.05) is 10.3 Å². The zero-order valence-electron chi connectivity index (χ0n) is 33.6. The minimum Gasteiger partial charge on any atom is -0.507 e. The number of aromatic nitrogens is 2. The zero-order valence-corrected chi connectivity index (χ0v) is 35.1. The number of allylic oxidation sites excluding steroid dienone is 2. The Balaban J connectivity index is 1.04. The van der Waals surface area contributed by atoms with Gasteiger partial charge in [-0.05, 0) is 84.3 Å². The highest BCUT2D eigenvalue weighted by molar-refractivity contribution is 6.33. The molecule has 1 saturated carbocycles. The smallest absolute Gasteiger partial charge is 0.417 e. The molecule has 324 valence electrons. The quantitative estimate of drug-likeness (QED) is 0.123. The number of para-hydroxylation sites is 2. The molecule has 11 nitrogen and oxygen atoms in total. The number of alkyl halides is 3. The second-order valence-corrected chi connectivity index (χ2v) is 17.5. The third-order valence-corrected chi connectivity index (χ3v) is 14.0. The highest BCUT2D eigenvalue weighted by Gasteiger charge is 2.71. The van der Waals surface area contributed by atoms with Gasteiger partial charge in [0.25, 0.3) is 11.8 Å². The van der Waals surface area contributed by atoms with Gasteiger partial charge < -0.3 is 9.52 Å². The third-order valence-electron chi connectivity index (χ3n) is 13.5. The number of nitrogens with one attached hydrogen (secondary N) is 1. The monoisotopic (exact) mass is 913 g/mol. The predicted octanol–water partition coefficient (Wildman–Crippen LogP) is 10.3. The van der Waals surface area contributed by atoms with Crippen LogP contribution in [0.4, 0.5) is 24.7 Å². The summed E-state index contributed by atoms with van der Waals surface area (Å²) >= 11 is 12.7. The summed E-state index contributed by atoms with van der Waals surface area (Å²) in [5.41, 5.74) is 3.11. The van der Waals surface area contributed by atoms with Crippen molar-refractivity contribution in [3.63, 3.8) is 0 Å². The maximum absolute atomic E-state index is 15.6. The van der Waals surface area contributed by atoms with E-state index in [0.717, 1.165) is 0 Å². The lowest BCUT2D eigenvalue weighted by molar-refractivity contribution is -0.139. The summed E-state index contributed by atoms with van der Waals surface area (Å²) < 4.78 is 46.8. The summed E-state index contributed by atoms with van der Waals surface area (Å²) in [6, 6.07) is 31.7. The summed E-state index contributed by atoms with van der Waals surface area (Å²) in [5, 5.41) is 14.0. The molecule has 65 heavy (non-hydrogen) atoms. The number of imide groups is 2. The second-order valence-electron chi connectivity index (χ2n) is 16.7. The van der Waals surface area contributed by atoms with Crippen molar-refractivity contribution in [2.45, 2.75) is 30.4 Å². The number of rotatable bonds is 6. The van der Waals surface area contributed by atoms with Gasteiger partial charge in [0, 0.05) is 33.7 Å². The molecule has 2 aliphatic heterocycles. The number of carbonyl (C=O) groups excluding carboxylic acids is 4. The molecule has 11 rings (SSSR count). The van der Waals surface area contributed by atoms with E-state index in [1.54, 1.807) is 78.9 Å². The van der Waals surface area contributed by atoms with Crippen molar-refractivity contribution in [3.05, 3.63) is 160 Å². The molecule has 2 saturated heterocycles. The van der Waals surface area contributed by atoms with Crippen LogP contribution < -0.4 is 10.3 Å². The van der Waals surface area contributed by atoms with E-state index in [1.165, 1.54) is 4.90 Å². The SMILES string of the molecule is O=C1[C@@H]2C[C@@H]3C(=CC[C@@H]4C(=O)N(c5ccc(-c6nc7ccccc7o6)cc5)C(=O)[C@@H]43)[C@H](c3ccc4ccccc4c3O)[C@]2(c2ccc(Cl)cc2)C(=O)N1Nc1ncc(C(F)(F)F)cc1Cl. The molecule has 4 amide bonds. The van der Waals surface area contributed by atoms with E-state index in [1.807, 2.05) is 36.4 Å². The predicted molar refractivity (Wildman–Crippen MR) is 234 cm³/mol. The Morgan fingerprint density at radius 1 is 0.831 bits per heavy atom. The number of benzene rings is 5. The van der Waals surface area contributed by atoms with Gasteiger partial charge in [-0.15, -0.1) is 0 Å². The lowest BCUT2D eigenvalue weighted by atomic mass is 9.49. The summed E-state index contributed by atoms with van der Waals surface area (Å²) in [5.74, 6) is -7.64. The zero-order chi connectivity index (χ0) is 45.1. The lowest BCUT2D eigenvalue weighted by Gasteiger charge is -2.50. The average molecular weight is 915 g/mol. The molecule has 5 aromatic carbocycles. The lowest BCUT2D eigenvalue weighted by Crippen LogP contribution is -2.53. The van der Waals surface area contributed by atoms with E-state index in [2.05, 4.69) is 15.4 Å². The minimum absolute atomic E-state index is 0.0963. The van der Waals surface area contributed by atoms with Crippen molar-refractivity contribution < 1.29 is 41.9 Å². The Bertz CT molecular complexity index is 3180. The van der Waals surface area contributed by atoms with Gasteiger partial charge in [0.15, 0.2) is 11.4 Å². The van der Waals surface area contributed by atoms with Crippen LogP contribution in [0.1, 0.15) is 35.4 Å². The first kappa shape index (κ1) is 40.7. The molecule has 2 N–H and O–H groups in total. The third kappa shape index (κ3) is 6.10. The Labute approximate surface area is 377 Å². The molecule has 2 aromatic heterocycles. The van der Waals surface area contributed by atoms with Gasteiger partial charge in [-0.25, -0.2) is 9.97 Å². The van der Waals surface area contributed by atoms with E-state index in [0.29, 0.717) is 72.4 Å². The molecule has 0 radical (unpaired) electrons. The van der Waals surface area contributed by atoms with Gasteiger partial charge in [0.05, 0.1) is 39.4 Å². The Morgan fingerprint density at radius 3 is 2.31 bits per heavy atom. The molecule has 0 unspecified atom stereocenters. The number of nitrogens with zero attached hydrogens (tertiary/aromatic N) is 4. The summed E-state index contributed by atoms with van der Waals surface area (Å²) in [7, 11) is 0. The van der Waals surface area contributed by atoms with Crippen molar-refractivity contribution >= 4 is 80.2 Å². The number of carbonyl (C=O) groups is 4. The largest absolute Gasteiger partial charge is 0.507 e. The molecule has 0 spiro atoms. The average Bonchev–Trinajstić information content (AvgIpc) is 3.91. The molecule has 6 atom stereocenters. The molecule has 3 fully saturated rings. The van der Waals surface area contributed by atoms with Crippen LogP contribution in [-0.2, 0) is 30.8 Å². The van der Waals surface area contributed by atoms with Crippen LogP contribution in [0.5, 0.6) is 5.75 Å². The number of hydrogen-bond acceptors (Lipinski definition) is 9. The second kappa shape index (κ2) is 14.8. The first-order chi connectivity index (χ1) is 31.2. The standard InChI is InChI=1S/C49H32Cl2F3N5O6/c50-28-14-12-26(13-15-28)48-35(45(62)59(47(48)64)57-42-36(51)21-27(23-55-42)49(52,53)54)22-34-31(40(48)33-18-11-24-5-1-2-6-30(24)41(33)60)19-20-32-39(34)46(63)58(44(32)61)29-16-9-25(10-17-29)43-56-37-7-3-4-8-38(37)65-43/h1-19,21,23,32,34-35,39-40,60H,20,22H2,(H,55,57)/t32-,34+,35-,39-,40+,48+/m0/s1. The number of anilines is 2. The fraction of sp³-hybridized carbons (Fsp3) is 0.184.